The Morgan fingerprint density at radius 1 is 1.00 bits per heavy atom. The molecule has 1 aliphatic heterocycles. The number of piperidine rings is 1. The number of benzene rings is 3. The van der Waals surface area contributed by atoms with Crippen LogP contribution >= 0.6 is 0 Å². The predicted molar refractivity (Wildman–Crippen MR) is 140 cm³/mol. The van der Waals surface area contributed by atoms with E-state index in [1.54, 1.807) is 4.57 Å². The van der Waals surface area contributed by atoms with E-state index in [2.05, 4.69) is 34.5 Å². The predicted octanol–water partition coefficient (Wildman–Crippen LogP) is 3.81. The van der Waals surface area contributed by atoms with Gasteiger partial charge < -0.3 is 16.2 Å². The molecule has 4 aromatic rings. The van der Waals surface area contributed by atoms with Crippen molar-refractivity contribution in [3.05, 3.63) is 83.4 Å². The number of nitrogens with zero attached hydrogens (tertiary/aromatic N) is 2. The van der Waals surface area contributed by atoms with Gasteiger partial charge in [0.15, 0.2) is 0 Å². The zero-order valence-electron chi connectivity index (χ0n) is 20.3. The molecule has 1 aromatic heterocycles. The molecule has 2 aliphatic rings. The summed E-state index contributed by atoms with van der Waals surface area (Å²) in [5.74, 6) is -0.132. The maximum Gasteiger partial charge on any atom is 0.323 e. The number of aliphatic hydroxyl groups is 1. The quantitative estimate of drug-likeness (QED) is 0.413. The molecular weight excluding hydrogens is 452 g/mol. The fourth-order valence-electron chi connectivity index (χ4n) is 6.53. The van der Waals surface area contributed by atoms with Crippen molar-refractivity contribution in [1.82, 2.24) is 14.8 Å². The number of likely N-dealkylation sites (tertiary alicyclic amines) is 1. The van der Waals surface area contributed by atoms with Gasteiger partial charge in [0.2, 0.25) is 5.91 Å². The summed E-state index contributed by atoms with van der Waals surface area (Å²) < 4.78 is 1.59. The summed E-state index contributed by atoms with van der Waals surface area (Å²) in [6.45, 7) is 3.90. The summed E-state index contributed by atoms with van der Waals surface area (Å²) in [6.07, 6.45) is 0.972. The van der Waals surface area contributed by atoms with Crippen LogP contribution in [0.15, 0.2) is 66.7 Å². The van der Waals surface area contributed by atoms with Crippen LogP contribution in [-0.4, -0.2) is 45.7 Å². The third-order valence-electron chi connectivity index (χ3n) is 8.19. The summed E-state index contributed by atoms with van der Waals surface area (Å²) >= 11 is 0. The highest BCUT2D eigenvalue weighted by molar-refractivity contribution is 6.13. The van der Waals surface area contributed by atoms with E-state index in [0.717, 1.165) is 71.0 Å². The van der Waals surface area contributed by atoms with Crippen LogP contribution in [0.1, 0.15) is 42.5 Å². The molecule has 1 saturated heterocycles. The van der Waals surface area contributed by atoms with E-state index in [9.17, 15) is 14.7 Å². The largest absolute Gasteiger partial charge is 0.390 e. The average molecular weight is 483 g/mol. The van der Waals surface area contributed by atoms with Gasteiger partial charge in [0.05, 0.1) is 23.2 Å². The lowest BCUT2D eigenvalue weighted by molar-refractivity contribution is -0.121. The lowest BCUT2D eigenvalue weighted by Gasteiger charge is -2.43. The Morgan fingerprint density at radius 3 is 2.44 bits per heavy atom. The molecule has 3 aromatic carbocycles. The van der Waals surface area contributed by atoms with Crippen molar-refractivity contribution in [3.8, 4) is 0 Å². The molecule has 4 N–H and O–H groups in total. The monoisotopic (exact) mass is 482 g/mol. The molecule has 0 radical (unpaired) electrons. The zero-order valence-corrected chi connectivity index (χ0v) is 20.3. The molecule has 1 aliphatic carbocycles. The van der Waals surface area contributed by atoms with Crippen molar-refractivity contribution in [2.45, 2.75) is 43.9 Å². The summed E-state index contributed by atoms with van der Waals surface area (Å²) in [5.41, 5.74) is 10.3. The van der Waals surface area contributed by atoms with Crippen LogP contribution in [0.3, 0.4) is 0 Å². The number of hydrogen-bond donors (Lipinski definition) is 3. The van der Waals surface area contributed by atoms with Gasteiger partial charge in [-0.15, -0.1) is 0 Å². The standard InChI is InChI=1S/C29H30N4O3/c1-18(34)31-26-22-7-2-4-8-23(22)29(27(26)35)12-14-32(15-13-29)17-19-10-11-21-20-6-3-5-9-24(20)33(28(30)36)25(21)16-19/h2-11,16,26-27,35H,12-15,17H2,1H3,(H2,30,36)(H,31,34)/t26-,27?/m0/s1. The van der Waals surface area contributed by atoms with Crippen molar-refractivity contribution in [2.24, 2.45) is 5.73 Å². The second-order valence-electron chi connectivity index (χ2n) is 10.2. The van der Waals surface area contributed by atoms with Gasteiger partial charge >= 0.3 is 6.03 Å². The van der Waals surface area contributed by atoms with Gasteiger partial charge in [0.1, 0.15) is 0 Å². The van der Waals surface area contributed by atoms with Crippen LogP contribution in [0.5, 0.6) is 0 Å². The third-order valence-corrected chi connectivity index (χ3v) is 8.19. The molecule has 2 atom stereocenters. The number of primary amides is 1. The Balaban J connectivity index is 1.26. The molecule has 0 bridgehead atoms. The Kier molecular flexibility index (Phi) is 5.35. The maximum absolute atomic E-state index is 12.3. The second-order valence-corrected chi connectivity index (χ2v) is 10.2. The fraction of sp³-hybridized carbons (Fsp3) is 0.310. The summed E-state index contributed by atoms with van der Waals surface area (Å²) in [4.78, 5) is 26.5. The first-order valence-electron chi connectivity index (χ1n) is 12.5. The Labute approximate surface area is 209 Å². The first-order valence-corrected chi connectivity index (χ1v) is 12.5. The Bertz CT molecular complexity index is 1500. The molecule has 1 fully saturated rings. The number of hydrogen-bond acceptors (Lipinski definition) is 4. The van der Waals surface area contributed by atoms with Crippen LogP contribution in [0.2, 0.25) is 0 Å². The molecule has 2 heterocycles. The zero-order chi connectivity index (χ0) is 25.0. The number of nitrogens with one attached hydrogen (secondary N) is 1. The molecule has 1 unspecified atom stereocenters. The van der Waals surface area contributed by atoms with Crippen molar-refractivity contribution < 1.29 is 14.7 Å². The lowest BCUT2D eigenvalue weighted by Crippen LogP contribution is -2.49. The highest BCUT2D eigenvalue weighted by Gasteiger charge is 2.52. The molecule has 0 saturated carbocycles. The number of amides is 2. The number of rotatable bonds is 3. The lowest BCUT2D eigenvalue weighted by atomic mass is 9.72. The topological polar surface area (TPSA) is 101 Å². The number of aliphatic hydroxyl groups excluding tert-OH is 1. The van der Waals surface area contributed by atoms with Gasteiger partial charge in [0.25, 0.3) is 0 Å². The molecule has 6 rings (SSSR count). The van der Waals surface area contributed by atoms with E-state index in [0.29, 0.717) is 0 Å². The van der Waals surface area contributed by atoms with Gasteiger partial charge in [0, 0.05) is 29.7 Å². The molecule has 184 valence electrons. The van der Waals surface area contributed by atoms with Crippen molar-refractivity contribution >= 4 is 33.7 Å². The van der Waals surface area contributed by atoms with E-state index in [-0.39, 0.29) is 17.4 Å². The molecular formula is C29H30N4O3. The number of fused-ring (bicyclic) bond motifs is 5. The van der Waals surface area contributed by atoms with Crippen molar-refractivity contribution in [2.75, 3.05) is 13.1 Å². The summed E-state index contributed by atoms with van der Waals surface area (Å²) in [6, 6.07) is 21.3. The van der Waals surface area contributed by atoms with Crippen LogP contribution in [-0.2, 0) is 16.8 Å². The Hall–Kier alpha value is -3.68. The number of carbonyl (C=O) groups is 2. The highest BCUT2D eigenvalue weighted by atomic mass is 16.3. The molecule has 36 heavy (non-hydrogen) atoms. The Morgan fingerprint density at radius 2 is 1.69 bits per heavy atom. The van der Waals surface area contributed by atoms with Gasteiger partial charge in [-0.2, -0.15) is 0 Å². The van der Waals surface area contributed by atoms with Gasteiger partial charge in [-0.3, -0.25) is 14.3 Å². The second kappa shape index (κ2) is 8.47. The van der Waals surface area contributed by atoms with Gasteiger partial charge in [-0.1, -0.05) is 54.6 Å². The first kappa shape index (κ1) is 22.8. The molecule has 7 nitrogen and oxygen atoms in total. The van der Waals surface area contributed by atoms with Gasteiger partial charge in [-0.25, -0.2) is 4.79 Å². The minimum atomic E-state index is -0.649. The fourth-order valence-corrected chi connectivity index (χ4v) is 6.53. The summed E-state index contributed by atoms with van der Waals surface area (Å²) in [5, 5.41) is 16.4. The van der Waals surface area contributed by atoms with Crippen molar-refractivity contribution in [1.29, 1.82) is 0 Å². The molecule has 2 amide bonds. The number of carbonyl (C=O) groups excluding carboxylic acids is 2. The van der Waals surface area contributed by atoms with E-state index in [4.69, 9.17) is 5.73 Å². The molecule has 1 spiro atoms. The third kappa shape index (κ3) is 3.42. The first-order chi connectivity index (χ1) is 17.4. The molecule has 7 heteroatoms. The van der Waals surface area contributed by atoms with E-state index < -0.39 is 12.1 Å². The average Bonchev–Trinajstić information content (AvgIpc) is 3.31. The number of para-hydroxylation sites is 1. The van der Waals surface area contributed by atoms with Crippen LogP contribution in [0.25, 0.3) is 21.8 Å². The number of aromatic nitrogens is 1. The van der Waals surface area contributed by atoms with E-state index >= 15 is 0 Å². The maximum atomic E-state index is 12.3. The normalized spacial score (nSPS) is 21.2. The minimum absolute atomic E-state index is 0.132. The summed E-state index contributed by atoms with van der Waals surface area (Å²) in [7, 11) is 0. The van der Waals surface area contributed by atoms with E-state index in [1.165, 1.54) is 6.92 Å². The SMILES string of the molecule is CC(=O)N[C@H]1c2ccccc2C2(CCN(Cc3ccc4c5ccccc5n(C(N)=O)c4c3)CC2)C1O. The van der Waals surface area contributed by atoms with Crippen LogP contribution in [0, 0.1) is 0 Å². The van der Waals surface area contributed by atoms with Crippen molar-refractivity contribution in [3.63, 3.8) is 0 Å². The smallest absolute Gasteiger partial charge is 0.323 e. The van der Waals surface area contributed by atoms with Crippen LogP contribution < -0.4 is 11.1 Å². The number of nitrogens with two attached hydrogens (primary N) is 1. The van der Waals surface area contributed by atoms with Crippen LogP contribution in [0.4, 0.5) is 4.79 Å². The highest BCUT2D eigenvalue weighted by Crippen LogP contribution is 2.51. The van der Waals surface area contributed by atoms with E-state index in [1.807, 2.05) is 42.5 Å². The minimum Gasteiger partial charge on any atom is -0.390 e. The van der Waals surface area contributed by atoms with Gasteiger partial charge in [-0.05, 0) is 54.8 Å².